The first-order valence-corrected chi connectivity index (χ1v) is 8.64. The standard InChI is InChI=1S/C9H20N2O3S2/c1-2-15(12)7-6-11-16(13,14)9-4-3-5-10-8-9/h9-11H,2-8H2,1H3. The Hall–Kier alpha value is 0.0200. The summed E-state index contributed by atoms with van der Waals surface area (Å²) in [5, 5.41) is 2.74. The van der Waals surface area contributed by atoms with Crippen molar-refractivity contribution >= 4 is 20.8 Å². The summed E-state index contributed by atoms with van der Waals surface area (Å²) in [5.41, 5.74) is 0. The highest BCUT2D eigenvalue weighted by molar-refractivity contribution is 7.90. The van der Waals surface area contributed by atoms with Gasteiger partial charge in [0.15, 0.2) is 0 Å². The van der Waals surface area contributed by atoms with Gasteiger partial charge >= 0.3 is 0 Å². The molecule has 0 saturated carbocycles. The molecule has 1 saturated heterocycles. The van der Waals surface area contributed by atoms with Crippen LogP contribution in [0.1, 0.15) is 19.8 Å². The van der Waals surface area contributed by atoms with E-state index in [2.05, 4.69) is 10.0 Å². The van der Waals surface area contributed by atoms with Crippen molar-refractivity contribution in [1.29, 1.82) is 0 Å². The van der Waals surface area contributed by atoms with E-state index in [0.29, 0.717) is 24.5 Å². The lowest BCUT2D eigenvalue weighted by atomic mass is 10.2. The van der Waals surface area contributed by atoms with Crippen LogP contribution in [-0.2, 0) is 20.8 Å². The van der Waals surface area contributed by atoms with Crippen LogP contribution in [0.25, 0.3) is 0 Å². The minimum absolute atomic E-state index is 0.277. The molecule has 0 aromatic heterocycles. The Labute approximate surface area is 99.9 Å². The average molecular weight is 268 g/mol. The van der Waals surface area contributed by atoms with Crippen molar-refractivity contribution in [2.24, 2.45) is 0 Å². The number of sulfonamides is 1. The van der Waals surface area contributed by atoms with Gasteiger partial charge in [0.25, 0.3) is 0 Å². The number of hydrogen-bond donors (Lipinski definition) is 2. The molecule has 1 heterocycles. The molecule has 0 aromatic carbocycles. The van der Waals surface area contributed by atoms with Crippen molar-refractivity contribution in [3.63, 3.8) is 0 Å². The van der Waals surface area contributed by atoms with Gasteiger partial charge in [0.05, 0.1) is 5.25 Å². The smallest absolute Gasteiger partial charge is 0.215 e. The zero-order valence-corrected chi connectivity index (χ0v) is 11.2. The van der Waals surface area contributed by atoms with Gasteiger partial charge in [-0.25, -0.2) is 13.1 Å². The molecule has 0 spiro atoms. The molecular weight excluding hydrogens is 248 g/mol. The van der Waals surface area contributed by atoms with Crippen LogP contribution < -0.4 is 10.0 Å². The maximum atomic E-state index is 11.8. The lowest BCUT2D eigenvalue weighted by Gasteiger charge is -2.22. The Balaban J connectivity index is 2.36. The molecule has 7 heteroatoms. The van der Waals surface area contributed by atoms with Gasteiger partial charge in [-0.15, -0.1) is 0 Å². The highest BCUT2D eigenvalue weighted by Crippen LogP contribution is 2.09. The quantitative estimate of drug-likeness (QED) is 0.676. The lowest BCUT2D eigenvalue weighted by Crippen LogP contribution is -2.45. The molecule has 16 heavy (non-hydrogen) atoms. The molecule has 1 fully saturated rings. The molecule has 0 radical (unpaired) electrons. The molecular formula is C9H20N2O3S2. The van der Waals surface area contributed by atoms with Crippen molar-refractivity contribution in [3.05, 3.63) is 0 Å². The van der Waals surface area contributed by atoms with Crippen LogP contribution in [0, 0.1) is 0 Å². The van der Waals surface area contributed by atoms with E-state index < -0.39 is 20.8 Å². The van der Waals surface area contributed by atoms with Gasteiger partial charge in [0.2, 0.25) is 10.0 Å². The van der Waals surface area contributed by atoms with Crippen LogP contribution in [0.2, 0.25) is 0 Å². The predicted molar refractivity (Wildman–Crippen MR) is 66.4 cm³/mol. The van der Waals surface area contributed by atoms with Crippen LogP contribution in [0.5, 0.6) is 0 Å². The average Bonchev–Trinajstić information content (AvgIpc) is 2.30. The summed E-state index contributed by atoms with van der Waals surface area (Å²) in [7, 11) is -4.14. The topological polar surface area (TPSA) is 75.3 Å². The summed E-state index contributed by atoms with van der Waals surface area (Å²) in [6.07, 6.45) is 1.60. The fourth-order valence-electron chi connectivity index (χ4n) is 1.64. The first kappa shape index (κ1) is 14.1. The van der Waals surface area contributed by atoms with Crippen LogP contribution in [0.3, 0.4) is 0 Å². The van der Waals surface area contributed by atoms with Gasteiger partial charge in [-0.3, -0.25) is 4.21 Å². The highest BCUT2D eigenvalue weighted by Gasteiger charge is 2.26. The summed E-state index contributed by atoms with van der Waals surface area (Å²) >= 11 is 0. The Kier molecular flexibility index (Phi) is 5.88. The zero-order valence-electron chi connectivity index (χ0n) is 9.57. The largest absolute Gasteiger partial charge is 0.315 e. The SMILES string of the molecule is CCS(=O)CCNS(=O)(=O)C1CCCNC1. The Bertz CT molecular complexity index is 324. The second-order valence-electron chi connectivity index (χ2n) is 3.84. The Morgan fingerprint density at radius 3 is 2.81 bits per heavy atom. The highest BCUT2D eigenvalue weighted by atomic mass is 32.2. The number of rotatable bonds is 6. The van der Waals surface area contributed by atoms with Crippen LogP contribution in [0.4, 0.5) is 0 Å². The van der Waals surface area contributed by atoms with E-state index in [1.165, 1.54) is 0 Å². The molecule has 5 nitrogen and oxygen atoms in total. The lowest BCUT2D eigenvalue weighted by molar-refractivity contribution is 0.491. The molecule has 96 valence electrons. The maximum absolute atomic E-state index is 11.8. The molecule has 1 aliphatic rings. The number of piperidine rings is 1. The molecule has 2 N–H and O–H groups in total. The van der Waals surface area contributed by atoms with E-state index in [4.69, 9.17) is 0 Å². The van der Waals surface area contributed by atoms with Gasteiger partial charge in [-0.2, -0.15) is 0 Å². The van der Waals surface area contributed by atoms with Gasteiger partial charge in [-0.05, 0) is 19.4 Å². The molecule has 2 unspecified atom stereocenters. The van der Waals surface area contributed by atoms with Gasteiger partial charge in [0, 0.05) is 35.4 Å². The van der Waals surface area contributed by atoms with Gasteiger partial charge in [0.1, 0.15) is 0 Å². The molecule has 0 aliphatic carbocycles. The minimum atomic E-state index is -3.23. The third-order valence-electron chi connectivity index (χ3n) is 2.65. The third-order valence-corrected chi connectivity index (χ3v) is 5.84. The van der Waals surface area contributed by atoms with E-state index in [0.717, 1.165) is 13.0 Å². The zero-order chi connectivity index (χ0) is 12.0. The van der Waals surface area contributed by atoms with Gasteiger partial charge in [-0.1, -0.05) is 6.92 Å². The van der Waals surface area contributed by atoms with E-state index in [1.54, 1.807) is 0 Å². The summed E-state index contributed by atoms with van der Waals surface area (Å²) in [6.45, 7) is 3.52. The summed E-state index contributed by atoms with van der Waals surface area (Å²) in [5.74, 6) is 0.975. The summed E-state index contributed by atoms with van der Waals surface area (Å²) < 4.78 is 37.3. The molecule has 0 bridgehead atoms. The van der Waals surface area contributed by atoms with Crippen molar-refractivity contribution in [2.75, 3.05) is 31.1 Å². The molecule has 0 aromatic rings. The molecule has 1 aliphatic heterocycles. The second-order valence-corrected chi connectivity index (χ2v) is 7.75. The fourth-order valence-corrected chi connectivity index (χ4v) is 3.83. The Morgan fingerprint density at radius 1 is 1.50 bits per heavy atom. The van der Waals surface area contributed by atoms with Crippen LogP contribution >= 0.6 is 0 Å². The van der Waals surface area contributed by atoms with Crippen molar-refractivity contribution in [2.45, 2.75) is 25.0 Å². The molecule has 0 amide bonds. The third kappa shape index (κ3) is 4.48. The number of hydrogen-bond acceptors (Lipinski definition) is 4. The van der Waals surface area contributed by atoms with Crippen molar-refractivity contribution in [1.82, 2.24) is 10.0 Å². The number of nitrogens with one attached hydrogen (secondary N) is 2. The Morgan fingerprint density at radius 2 is 2.25 bits per heavy atom. The summed E-state index contributed by atoms with van der Waals surface area (Å²) in [4.78, 5) is 0. The van der Waals surface area contributed by atoms with Gasteiger partial charge < -0.3 is 5.32 Å². The second kappa shape index (κ2) is 6.68. The van der Waals surface area contributed by atoms with E-state index in [1.807, 2.05) is 6.92 Å². The summed E-state index contributed by atoms with van der Waals surface area (Å²) in [6, 6.07) is 0. The minimum Gasteiger partial charge on any atom is -0.315 e. The maximum Gasteiger partial charge on any atom is 0.215 e. The predicted octanol–water partition coefficient (Wildman–Crippen LogP) is -0.574. The molecule has 1 rings (SSSR count). The van der Waals surface area contributed by atoms with Crippen LogP contribution in [-0.4, -0.2) is 49.0 Å². The first-order valence-electron chi connectivity index (χ1n) is 5.60. The van der Waals surface area contributed by atoms with Crippen molar-refractivity contribution < 1.29 is 12.6 Å². The first-order chi connectivity index (χ1) is 7.56. The van der Waals surface area contributed by atoms with E-state index >= 15 is 0 Å². The fraction of sp³-hybridized carbons (Fsp3) is 1.00. The van der Waals surface area contributed by atoms with Crippen molar-refractivity contribution in [3.8, 4) is 0 Å². The molecule has 2 atom stereocenters. The van der Waals surface area contributed by atoms with E-state index in [-0.39, 0.29) is 11.8 Å². The normalized spacial score (nSPS) is 24.2. The van der Waals surface area contributed by atoms with E-state index in [9.17, 15) is 12.6 Å². The monoisotopic (exact) mass is 268 g/mol. The van der Waals surface area contributed by atoms with Crippen LogP contribution in [0.15, 0.2) is 0 Å².